The van der Waals surface area contributed by atoms with Crippen LogP contribution in [0.3, 0.4) is 0 Å². The highest BCUT2D eigenvalue weighted by atomic mass is 32.1. The summed E-state index contributed by atoms with van der Waals surface area (Å²) >= 11 is 1.49. The number of amides is 2. The molecule has 2 atom stereocenters. The number of hydrogen-bond acceptors (Lipinski definition) is 6. The number of hydrogen-bond donors (Lipinski definition) is 0. The maximum Gasteiger partial charge on any atom is 0.411 e. The van der Waals surface area contributed by atoms with E-state index in [1.165, 1.54) is 16.9 Å². The molecule has 2 unspecified atom stereocenters. The van der Waals surface area contributed by atoms with Gasteiger partial charge in [-0.25, -0.2) is 9.78 Å². The van der Waals surface area contributed by atoms with Crippen LogP contribution >= 0.6 is 11.3 Å². The number of likely N-dealkylation sites (tertiary alicyclic amines) is 1. The van der Waals surface area contributed by atoms with Gasteiger partial charge < -0.3 is 14.4 Å². The van der Waals surface area contributed by atoms with Gasteiger partial charge in [0.2, 0.25) is 0 Å². The summed E-state index contributed by atoms with van der Waals surface area (Å²) in [5.74, 6) is 0.894. The highest BCUT2D eigenvalue weighted by Gasteiger charge is 2.44. The summed E-state index contributed by atoms with van der Waals surface area (Å²) in [6.45, 7) is 3.96. The molecule has 6 rings (SSSR count). The number of aromatic nitrogens is 1. The monoisotopic (exact) mass is 489 g/mol. The van der Waals surface area contributed by atoms with E-state index < -0.39 is 0 Å². The van der Waals surface area contributed by atoms with Crippen molar-refractivity contribution >= 4 is 23.3 Å². The fourth-order valence-corrected chi connectivity index (χ4v) is 6.18. The first-order chi connectivity index (χ1) is 17.1. The molecule has 3 aromatic rings. The van der Waals surface area contributed by atoms with Gasteiger partial charge in [-0.2, -0.15) is 0 Å². The average molecular weight is 490 g/mol. The van der Waals surface area contributed by atoms with Crippen molar-refractivity contribution in [1.82, 2.24) is 14.8 Å². The van der Waals surface area contributed by atoms with Crippen LogP contribution in [-0.4, -0.2) is 58.6 Å². The first-order valence-electron chi connectivity index (χ1n) is 12.1. The Balaban J connectivity index is 1.10. The molecule has 0 aliphatic carbocycles. The lowest BCUT2D eigenvalue weighted by molar-refractivity contribution is 0.0636. The molecule has 0 radical (unpaired) electrons. The molecular weight excluding hydrogens is 462 g/mol. The van der Waals surface area contributed by atoms with Gasteiger partial charge in [0, 0.05) is 36.5 Å². The number of ether oxygens (including phenoxy) is 2. The van der Waals surface area contributed by atoms with E-state index in [0.717, 1.165) is 47.8 Å². The number of carbonyl (C=O) groups is 2. The second-order valence-corrected chi connectivity index (χ2v) is 10.2. The summed E-state index contributed by atoms with van der Waals surface area (Å²) in [6.07, 6.45) is 1.84. The van der Waals surface area contributed by atoms with Crippen LogP contribution in [0.1, 0.15) is 47.5 Å². The molecule has 2 fully saturated rings. The summed E-state index contributed by atoms with van der Waals surface area (Å²) in [4.78, 5) is 34.3. The molecule has 180 valence electrons. The zero-order valence-electron chi connectivity index (χ0n) is 19.6. The van der Waals surface area contributed by atoms with Crippen molar-refractivity contribution in [1.29, 1.82) is 0 Å². The van der Waals surface area contributed by atoms with E-state index in [1.807, 2.05) is 64.6 Å². The Kier molecular flexibility index (Phi) is 5.68. The number of cyclic esters (lactones) is 1. The minimum absolute atomic E-state index is 0.0454. The number of nitrogens with zero attached hydrogens (tertiary/aromatic N) is 3. The number of carbonyl (C=O) groups excluding carboxylic acids is 2. The first kappa shape index (κ1) is 22.1. The van der Waals surface area contributed by atoms with Gasteiger partial charge in [0.1, 0.15) is 22.6 Å². The smallest absolute Gasteiger partial charge is 0.411 e. The Bertz CT molecular complexity index is 1250. The SMILES string of the molecule is CC1C(c2ccccc2)OC(=O)N1C1CCN(C(=O)c2csc(-c3ccc4c(c3)CCO4)n2)CC1. The van der Waals surface area contributed by atoms with Gasteiger partial charge in [-0.05, 0) is 49.1 Å². The van der Waals surface area contributed by atoms with Crippen molar-refractivity contribution < 1.29 is 19.1 Å². The first-order valence-corrected chi connectivity index (χ1v) is 13.0. The van der Waals surface area contributed by atoms with Crippen LogP contribution in [0.4, 0.5) is 4.79 Å². The van der Waals surface area contributed by atoms with Crippen LogP contribution < -0.4 is 4.74 Å². The summed E-state index contributed by atoms with van der Waals surface area (Å²) < 4.78 is 11.3. The highest BCUT2D eigenvalue weighted by Crippen LogP contribution is 2.36. The lowest BCUT2D eigenvalue weighted by atomic mass is 9.98. The Hall–Kier alpha value is -3.39. The third kappa shape index (κ3) is 4.05. The molecule has 8 heteroatoms. The fraction of sp³-hybridized carbons (Fsp3) is 0.370. The van der Waals surface area contributed by atoms with Gasteiger partial charge in [0.05, 0.1) is 12.6 Å². The largest absolute Gasteiger partial charge is 0.493 e. The number of thiazole rings is 1. The van der Waals surface area contributed by atoms with E-state index in [9.17, 15) is 9.59 Å². The van der Waals surface area contributed by atoms with E-state index in [-0.39, 0.29) is 30.2 Å². The Labute approximate surface area is 208 Å². The lowest BCUT2D eigenvalue weighted by Crippen LogP contribution is -2.49. The van der Waals surface area contributed by atoms with Crippen molar-refractivity contribution in [2.45, 2.75) is 44.4 Å². The summed E-state index contributed by atoms with van der Waals surface area (Å²) in [7, 11) is 0. The third-order valence-electron chi connectivity index (χ3n) is 7.25. The predicted octanol–water partition coefficient (Wildman–Crippen LogP) is 4.93. The molecule has 7 nitrogen and oxygen atoms in total. The number of rotatable bonds is 4. The zero-order valence-corrected chi connectivity index (χ0v) is 20.4. The van der Waals surface area contributed by atoms with Crippen molar-refractivity contribution in [3.05, 3.63) is 70.7 Å². The maximum absolute atomic E-state index is 13.2. The Morgan fingerprint density at radius 3 is 2.71 bits per heavy atom. The van der Waals surface area contributed by atoms with Crippen molar-refractivity contribution in [2.24, 2.45) is 0 Å². The molecule has 3 aliphatic heterocycles. The van der Waals surface area contributed by atoms with E-state index in [4.69, 9.17) is 9.47 Å². The quantitative estimate of drug-likeness (QED) is 0.520. The summed E-state index contributed by atoms with van der Waals surface area (Å²) in [5, 5.41) is 2.69. The molecule has 0 spiro atoms. The molecule has 35 heavy (non-hydrogen) atoms. The van der Waals surface area contributed by atoms with Gasteiger partial charge in [0.25, 0.3) is 5.91 Å². The molecule has 0 N–H and O–H groups in total. The summed E-state index contributed by atoms with van der Waals surface area (Å²) in [6, 6.07) is 16.0. The predicted molar refractivity (Wildman–Crippen MR) is 133 cm³/mol. The fourth-order valence-electron chi connectivity index (χ4n) is 5.38. The van der Waals surface area contributed by atoms with Gasteiger partial charge in [-0.15, -0.1) is 11.3 Å². The average Bonchev–Trinajstić information content (AvgIpc) is 3.63. The Morgan fingerprint density at radius 2 is 1.91 bits per heavy atom. The van der Waals surface area contributed by atoms with Gasteiger partial charge in [-0.3, -0.25) is 9.69 Å². The zero-order chi connectivity index (χ0) is 23.9. The van der Waals surface area contributed by atoms with Crippen molar-refractivity contribution in [3.8, 4) is 16.3 Å². The van der Waals surface area contributed by atoms with Crippen LogP contribution in [0.5, 0.6) is 5.75 Å². The van der Waals surface area contributed by atoms with E-state index in [1.54, 1.807) is 0 Å². The summed E-state index contributed by atoms with van der Waals surface area (Å²) in [5.41, 5.74) is 3.71. The van der Waals surface area contributed by atoms with Gasteiger partial charge >= 0.3 is 6.09 Å². The van der Waals surface area contributed by atoms with Crippen LogP contribution in [-0.2, 0) is 11.2 Å². The minimum Gasteiger partial charge on any atom is -0.493 e. The Morgan fingerprint density at radius 1 is 1.11 bits per heavy atom. The molecule has 2 saturated heterocycles. The van der Waals surface area contributed by atoms with Crippen LogP contribution in [0.25, 0.3) is 10.6 Å². The number of fused-ring (bicyclic) bond motifs is 1. The lowest BCUT2D eigenvalue weighted by Gasteiger charge is -2.37. The van der Waals surface area contributed by atoms with Crippen molar-refractivity contribution in [2.75, 3.05) is 19.7 Å². The molecule has 3 aliphatic rings. The second kappa shape index (κ2) is 9.00. The standard InChI is InChI=1S/C27H27N3O4S/c1-17-24(18-5-3-2-4-6-18)34-27(32)30(17)21-9-12-29(13-10-21)26(31)22-16-35-25(28-22)20-7-8-23-19(15-20)11-14-33-23/h2-8,15-17,21,24H,9-14H2,1H3. The maximum atomic E-state index is 13.2. The van der Waals surface area contributed by atoms with Crippen LogP contribution in [0.2, 0.25) is 0 Å². The molecule has 1 aromatic heterocycles. The molecule has 2 amide bonds. The van der Waals surface area contributed by atoms with E-state index >= 15 is 0 Å². The van der Waals surface area contributed by atoms with Gasteiger partial charge in [-0.1, -0.05) is 30.3 Å². The molecule has 2 aromatic carbocycles. The third-order valence-corrected chi connectivity index (χ3v) is 8.14. The van der Waals surface area contributed by atoms with E-state index in [0.29, 0.717) is 18.8 Å². The second-order valence-electron chi connectivity index (χ2n) is 9.35. The van der Waals surface area contributed by atoms with Gasteiger partial charge in [0.15, 0.2) is 0 Å². The molecule has 0 saturated carbocycles. The topological polar surface area (TPSA) is 72.0 Å². The minimum atomic E-state index is -0.264. The molecule has 4 heterocycles. The van der Waals surface area contributed by atoms with Crippen molar-refractivity contribution in [3.63, 3.8) is 0 Å². The van der Waals surface area contributed by atoms with Crippen LogP contribution in [0.15, 0.2) is 53.9 Å². The number of benzene rings is 2. The van der Waals surface area contributed by atoms with Crippen LogP contribution in [0, 0.1) is 0 Å². The molecule has 0 bridgehead atoms. The normalized spacial score (nSPS) is 22.1. The van der Waals surface area contributed by atoms with E-state index in [2.05, 4.69) is 11.1 Å². The number of piperidine rings is 1. The molecular formula is C27H27N3O4S. The highest BCUT2D eigenvalue weighted by molar-refractivity contribution is 7.13.